The normalized spacial score (nSPS) is 10.8. The average molecular weight is 481 g/mol. The third-order valence-corrected chi connectivity index (χ3v) is 6.23. The molecule has 30 heavy (non-hydrogen) atoms. The fourth-order valence-electron chi connectivity index (χ4n) is 3.05. The summed E-state index contributed by atoms with van der Waals surface area (Å²) in [6.07, 6.45) is 0. The number of benzene rings is 3. The van der Waals surface area contributed by atoms with E-state index in [1.54, 1.807) is 12.1 Å². The summed E-state index contributed by atoms with van der Waals surface area (Å²) in [5.74, 6) is 1.33. The molecule has 3 aromatic carbocycles. The number of nitrogens with zero attached hydrogens (tertiary/aromatic N) is 4. The van der Waals surface area contributed by atoms with Crippen molar-refractivity contribution in [2.24, 2.45) is 0 Å². The standard InChI is InChI=1S/C22H17BrN4O2S/c23-20-12-5-4-11-19(20)21-24-25-22(26(21)14-16-7-2-1-3-8-16)30-15-17-9-6-10-18(13-17)27(28)29/h1-13H,14-15H2. The van der Waals surface area contributed by atoms with E-state index < -0.39 is 0 Å². The van der Waals surface area contributed by atoms with E-state index in [4.69, 9.17) is 0 Å². The minimum Gasteiger partial charge on any atom is -0.298 e. The van der Waals surface area contributed by atoms with E-state index in [1.807, 2.05) is 48.5 Å². The molecule has 4 aromatic rings. The van der Waals surface area contributed by atoms with Crippen molar-refractivity contribution in [3.05, 3.63) is 105 Å². The molecule has 6 nitrogen and oxygen atoms in total. The Bertz CT molecular complexity index is 1180. The molecule has 0 bridgehead atoms. The Morgan fingerprint density at radius 2 is 1.67 bits per heavy atom. The Labute approximate surface area is 186 Å². The molecular weight excluding hydrogens is 464 g/mol. The van der Waals surface area contributed by atoms with Crippen LogP contribution in [0.25, 0.3) is 11.4 Å². The zero-order valence-electron chi connectivity index (χ0n) is 15.8. The monoisotopic (exact) mass is 480 g/mol. The van der Waals surface area contributed by atoms with Crippen molar-refractivity contribution in [1.29, 1.82) is 0 Å². The van der Waals surface area contributed by atoms with Crippen LogP contribution in [-0.4, -0.2) is 19.7 Å². The van der Waals surface area contributed by atoms with Crippen molar-refractivity contribution in [2.45, 2.75) is 17.5 Å². The second kappa shape index (κ2) is 9.23. The van der Waals surface area contributed by atoms with Gasteiger partial charge in [0.2, 0.25) is 0 Å². The third-order valence-electron chi connectivity index (χ3n) is 4.50. The number of hydrogen-bond acceptors (Lipinski definition) is 5. The zero-order valence-corrected chi connectivity index (χ0v) is 18.2. The van der Waals surface area contributed by atoms with Crippen LogP contribution >= 0.6 is 27.7 Å². The fraction of sp³-hybridized carbons (Fsp3) is 0.0909. The zero-order chi connectivity index (χ0) is 20.9. The summed E-state index contributed by atoms with van der Waals surface area (Å²) in [4.78, 5) is 10.7. The first kappa shape index (κ1) is 20.3. The van der Waals surface area contributed by atoms with Gasteiger partial charge in [0.05, 0.1) is 11.5 Å². The predicted octanol–water partition coefficient (Wildman–Crippen LogP) is 5.96. The minimum absolute atomic E-state index is 0.0905. The number of rotatable bonds is 7. The summed E-state index contributed by atoms with van der Waals surface area (Å²) in [7, 11) is 0. The highest BCUT2D eigenvalue weighted by molar-refractivity contribution is 9.10. The maximum Gasteiger partial charge on any atom is 0.269 e. The maximum atomic E-state index is 11.0. The lowest BCUT2D eigenvalue weighted by atomic mass is 10.2. The van der Waals surface area contributed by atoms with Gasteiger partial charge >= 0.3 is 0 Å². The summed E-state index contributed by atoms with van der Waals surface area (Å²) in [5.41, 5.74) is 3.06. The summed E-state index contributed by atoms with van der Waals surface area (Å²) < 4.78 is 3.03. The molecular formula is C22H17BrN4O2S. The summed E-state index contributed by atoms with van der Waals surface area (Å²) in [5, 5.41) is 20.7. The number of halogens is 1. The van der Waals surface area contributed by atoms with Crippen LogP contribution in [0.1, 0.15) is 11.1 Å². The van der Waals surface area contributed by atoms with Crippen LogP contribution in [0.3, 0.4) is 0 Å². The van der Waals surface area contributed by atoms with Crippen molar-refractivity contribution in [3.8, 4) is 11.4 Å². The highest BCUT2D eigenvalue weighted by Gasteiger charge is 2.17. The fourth-order valence-corrected chi connectivity index (χ4v) is 4.40. The SMILES string of the molecule is O=[N+]([O-])c1cccc(CSc2nnc(-c3ccccc3Br)n2Cc2ccccc2)c1. The van der Waals surface area contributed by atoms with Gasteiger partial charge in [-0.05, 0) is 17.2 Å². The second-order valence-corrected chi connectivity index (χ2v) is 8.37. The number of nitro benzene ring substituents is 1. The van der Waals surface area contributed by atoms with E-state index in [2.05, 4.69) is 42.8 Å². The predicted molar refractivity (Wildman–Crippen MR) is 121 cm³/mol. The third kappa shape index (κ3) is 4.60. The quantitative estimate of drug-likeness (QED) is 0.185. The number of hydrogen-bond donors (Lipinski definition) is 0. The first-order chi connectivity index (χ1) is 14.6. The Kier molecular flexibility index (Phi) is 6.25. The first-order valence-corrected chi connectivity index (χ1v) is 11.0. The first-order valence-electron chi connectivity index (χ1n) is 9.20. The lowest BCUT2D eigenvalue weighted by Crippen LogP contribution is -2.04. The Hall–Kier alpha value is -2.97. The van der Waals surface area contributed by atoms with E-state index in [1.165, 1.54) is 17.8 Å². The van der Waals surface area contributed by atoms with Crippen LogP contribution in [0.4, 0.5) is 5.69 Å². The van der Waals surface area contributed by atoms with Gasteiger partial charge in [0.15, 0.2) is 11.0 Å². The van der Waals surface area contributed by atoms with Gasteiger partial charge < -0.3 is 0 Å². The molecule has 0 unspecified atom stereocenters. The topological polar surface area (TPSA) is 73.8 Å². The molecule has 8 heteroatoms. The summed E-state index contributed by atoms with van der Waals surface area (Å²) >= 11 is 5.12. The van der Waals surface area contributed by atoms with Crippen molar-refractivity contribution < 1.29 is 4.92 Å². The van der Waals surface area contributed by atoms with E-state index >= 15 is 0 Å². The number of thioether (sulfide) groups is 1. The molecule has 0 amide bonds. The van der Waals surface area contributed by atoms with Crippen LogP contribution in [0, 0.1) is 10.1 Å². The molecule has 0 atom stereocenters. The number of aromatic nitrogens is 3. The smallest absolute Gasteiger partial charge is 0.269 e. The van der Waals surface area contributed by atoms with Gasteiger partial charge in [0.25, 0.3) is 5.69 Å². The Morgan fingerprint density at radius 3 is 2.43 bits per heavy atom. The summed E-state index contributed by atoms with van der Waals surface area (Å²) in [6, 6.07) is 24.7. The van der Waals surface area contributed by atoms with Gasteiger partial charge in [-0.1, -0.05) is 88.4 Å². The number of non-ortho nitro benzene ring substituents is 1. The molecule has 0 radical (unpaired) electrons. The van der Waals surface area contributed by atoms with Crippen LogP contribution in [0.5, 0.6) is 0 Å². The molecule has 0 N–H and O–H groups in total. The van der Waals surface area contributed by atoms with Gasteiger partial charge in [0.1, 0.15) is 0 Å². The molecule has 0 aliphatic heterocycles. The summed E-state index contributed by atoms with van der Waals surface area (Å²) in [6.45, 7) is 0.627. The lowest BCUT2D eigenvalue weighted by molar-refractivity contribution is -0.384. The molecule has 1 aromatic heterocycles. The van der Waals surface area contributed by atoms with E-state index in [-0.39, 0.29) is 10.6 Å². The second-order valence-electron chi connectivity index (χ2n) is 6.57. The van der Waals surface area contributed by atoms with Crippen molar-refractivity contribution in [2.75, 3.05) is 0 Å². The molecule has 150 valence electrons. The maximum absolute atomic E-state index is 11.0. The van der Waals surface area contributed by atoms with Gasteiger partial charge in [0, 0.05) is 27.9 Å². The van der Waals surface area contributed by atoms with Crippen LogP contribution in [-0.2, 0) is 12.3 Å². The van der Waals surface area contributed by atoms with Crippen LogP contribution < -0.4 is 0 Å². The van der Waals surface area contributed by atoms with E-state index in [0.717, 1.165) is 32.1 Å². The van der Waals surface area contributed by atoms with E-state index in [0.29, 0.717) is 12.3 Å². The van der Waals surface area contributed by atoms with Crippen LogP contribution in [0.15, 0.2) is 88.5 Å². The molecule has 0 fully saturated rings. The number of nitro groups is 1. The van der Waals surface area contributed by atoms with Gasteiger partial charge in [-0.3, -0.25) is 14.7 Å². The highest BCUT2D eigenvalue weighted by Crippen LogP contribution is 2.31. The Balaban J connectivity index is 1.66. The molecule has 0 aliphatic rings. The highest BCUT2D eigenvalue weighted by atomic mass is 79.9. The van der Waals surface area contributed by atoms with Gasteiger partial charge in [-0.2, -0.15) is 0 Å². The van der Waals surface area contributed by atoms with E-state index in [9.17, 15) is 10.1 Å². The van der Waals surface area contributed by atoms with Crippen molar-refractivity contribution in [3.63, 3.8) is 0 Å². The lowest BCUT2D eigenvalue weighted by Gasteiger charge is -2.11. The molecule has 4 rings (SSSR count). The molecule has 1 heterocycles. The van der Waals surface area contributed by atoms with Crippen LogP contribution in [0.2, 0.25) is 0 Å². The Morgan fingerprint density at radius 1 is 0.933 bits per heavy atom. The molecule has 0 saturated heterocycles. The molecule has 0 saturated carbocycles. The molecule has 0 spiro atoms. The van der Waals surface area contributed by atoms with Crippen molar-refractivity contribution in [1.82, 2.24) is 14.8 Å². The van der Waals surface area contributed by atoms with Gasteiger partial charge in [-0.25, -0.2) is 0 Å². The molecule has 0 aliphatic carbocycles. The van der Waals surface area contributed by atoms with Crippen molar-refractivity contribution >= 4 is 33.4 Å². The minimum atomic E-state index is -0.378. The largest absolute Gasteiger partial charge is 0.298 e. The van der Waals surface area contributed by atoms with Gasteiger partial charge in [-0.15, -0.1) is 10.2 Å². The average Bonchev–Trinajstić information content (AvgIpc) is 3.15.